The maximum Gasteiger partial charge on any atom is 0.326 e. The SMILES string of the molecule is COc1ccc(NC(=O)[C@H](CCCCN)NC(=O)c2cc(NC(=O)[C@@H](N)CCCCCN)ccc2OC)cc1C(=O)N[C@@H](CCCCN)C(=O)Nc1ccc(OC)c(C(=O)N[C@@H](CCCCN)C(=O)Nc2ccc(OC)c(C(=O)N[C@H](Cc3ccccc3)C(=O)O)c2)c1. The van der Waals surface area contributed by atoms with E-state index >= 15 is 0 Å². The van der Waals surface area contributed by atoms with Crippen LogP contribution in [0.1, 0.15) is 130 Å². The number of amides is 8. The Morgan fingerprint density at radius 1 is 0.376 bits per heavy atom. The minimum Gasteiger partial charge on any atom is -0.496 e. The maximum absolute atomic E-state index is 14.3. The number of methoxy groups -OCH3 is 4. The van der Waals surface area contributed by atoms with Gasteiger partial charge in [0.1, 0.15) is 47.2 Å². The van der Waals surface area contributed by atoms with E-state index in [0.717, 1.165) is 12.8 Å². The van der Waals surface area contributed by atoms with Gasteiger partial charge in [-0.2, -0.15) is 0 Å². The fourth-order valence-electron chi connectivity index (χ4n) is 9.87. The zero-order valence-corrected chi connectivity index (χ0v) is 53.1. The summed E-state index contributed by atoms with van der Waals surface area (Å²) < 4.78 is 22.0. The minimum atomic E-state index is -1.30. The molecule has 0 radical (unpaired) electrons. The molecule has 0 aliphatic carbocycles. The number of hydrogen-bond donors (Lipinski definition) is 14. The van der Waals surface area contributed by atoms with Gasteiger partial charge >= 0.3 is 5.97 Å². The van der Waals surface area contributed by atoms with Gasteiger partial charge in [-0.3, -0.25) is 38.4 Å². The fourth-order valence-corrected chi connectivity index (χ4v) is 9.87. The van der Waals surface area contributed by atoms with Crippen molar-refractivity contribution < 1.29 is 67.2 Å². The van der Waals surface area contributed by atoms with Crippen molar-refractivity contribution in [3.8, 4) is 23.0 Å². The summed E-state index contributed by atoms with van der Waals surface area (Å²) in [6.45, 7) is 1.46. The minimum absolute atomic E-state index is 0.00264. The van der Waals surface area contributed by atoms with E-state index in [1.54, 1.807) is 36.4 Å². The molecule has 0 saturated carbocycles. The van der Waals surface area contributed by atoms with Crippen LogP contribution in [0.15, 0.2) is 103 Å². The number of carboxylic acids is 1. The molecule has 27 heteroatoms. The number of hydrogen-bond acceptors (Lipinski definition) is 18. The van der Waals surface area contributed by atoms with Crippen LogP contribution in [-0.2, 0) is 30.4 Å². The van der Waals surface area contributed by atoms with Crippen molar-refractivity contribution in [3.05, 3.63) is 131 Å². The van der Waals surface area contributed by atoms with Crippen LogP contribution in [-0.4, -0.2) is 143 Å². The van der Waals surface area contributed by atoms with Crippen LogP contribution in [0, 0.1) is 0 Å². The third-order valence-corrected chi connectivity index (χ3v) is 15.0. The number of rotatable bonds is 40. The Morgan fingerprint density at radius 3 is 0.968 bits per heavy atom. The smallest absolute Gasteiger partial charge is 0.326 e. The number of aliphatic carboxylic acids is 1. The quantitative estimate of drug-likeness (QED) is 0.0240. The van der Waals surface area contributed by atoms with Crippen molar-refractivity contribution in [1.82, 2.24) is 21.3 Å². The molecule has 0 saturated heterocycles. The Hall–Kier alpha value is -9.67. The number of carboxylic acid groups (broad SMARTS) is 1. The molecule has 0 aliphatic rings. The zero-order chi connectivity index (χ0) is 67.8. The largest absolute Gasteiger partial charge is 0.496 e. The van der Waals surface area contributed by atoms with E-state index in [1.165, 1.54) is 95.2 Å². The molecular weight excluding hydrogens is 1200 g/mol. The van der Waals surface area contributed by atoms with E-state index in [9.17, 15) is 48.3 Å². The van der Waals surface area contributed by atoms with Gasteiger partial charge in [-0.15, -0.1) is 0 Å². The Balaban J connectivity index is 1.32. The number of unbranched alkanes of at least 4 members (excludes halogenated alkanes) is 5. The Kier molecular flexibility index (Phi) is 31.0. The number of nitrogens with two attached hydrogens (primary N) is 5. The fraction of sp³-hybridized carbons (Fsp3) is 0.409. The Morgan fingerprint density at radius 2 is 0.667 bits per heavy atom. The number of benzene rings is 5. The molecular formula is C66H89N13O14. The summed E-state index contributed by atoms with van der Waals surface area (Å²) in [6, 6.07) is 20.4. The molecule has 0 aliphatic heterocycles. The van der Waals surface area contributed by atoms with Gasteiger partial charge in [0.05, 0.1) is 56.7 Å². The Labute approximate surface area is 541 Å². The van der Waals surface area contributed by atoms with E-state index in [-0.39, 0.29) is 93.7 Å². The van der Waals surface area contributed by atoms with Crippen molar-refractivity contribution >= 4 is 76.0 Å². The van der Waals surface area contributed by atoms with Gasteiger partial charge in [0.15, 0.2) is 0 Å². The van der Waals surface area contributed by atoms with Crippen LogP contribution >= 0.6 is 0 Å². The summed E-state index contributed by atoms with van der Waals surface area (Å²) in [5.41, 5.74) is 30.3. The van der Waals surface area contributed by atoms with Crippen LogP contribution in [0.5, 0.6) is 23.0 Å². The van der Waals surface area contributed by atoms with Crippen molar-refractivity contribution in [3.63, 3.8) is 0 Å². The van der Waals surface area contributed by atoms with Gasteiger partial charge < -0.3 is 95.3 Å². The summed E-state index contributed by atoms with van der Waals surface area (Å²) in [6.07, 6.45) is 6.00. The van der Waals surface area contributed by atoms with E-state index in [2.05, 4.69) is 42.5 Å². The van der Waals surface area contributed by atoms with Gasteiger partial charge in [0.2, 0.25) is 23.6 Å². The molecule has 0 aromatic heterocycles. The number of ether oxygens (including phenoxy) is 4. The van der Waals surface area contributed by atoms with Crippen molar-refractivity contribution in [2.45, 2.75) is 120 Å². The van der Waals surface area contributed by atoms with Gasteiger partial charge in [-0.05, 0) is 175 Å². The standard InChI is InChI=1S/C66H89N13O14/c1-90-54-27-23-41(72-62(84)49(71)19-9-6-13-31-67)36-45(54)58(80)76-50(20-10-14-32-68)63(85)73-42-24-28-55(91-2)46(37-42)59(81)77-51(21-11-15-33-69)64(86)74-43-25-29-56(92-3)47(38-43)60(82)78-52(22-12-16-34-70)65(87)75-44-26-30-57(93-4)48(39-44)61(83)79-53(66(88)89)35-40-17-7-5-8-18-40/h5,7-8,17-18,23-30,36-39,49-53H,6,9-16,19-22,31-35,67-71H2,1-4H3,(H,72,84)(H,73,85)(H,74,86)(H,75,87)(H,76,80)(H,77,81)(H,78,82)(H,79,83)(H,88,89)/t49-,50-,51-,52-,53+/m0/s1. The molecule has 5 aromatic rings. The van der Waals surface area contributed by atoms with Crippen LogP contribution < -0.4 is 90.2 Å². The molecule has 0 bridgehead atoms. The summed E-state index contributed by atoms with van der Waals surface area (Å²) >= 11 is 0. The van der Waals surface area contributed by atoms with Crippen molar-refractivity contribution in [1.29, 1.82) is 0 Å². The molecule has 0 spiro atoms. The molecule has 93 heavy (non-hydrogen) atoms. The molecule has 5 rings (SSSR count). The first-order chi connectivity index (χ1) is 44.8. The van der Waals surface area contributed by atoms with Crippen molar-refractivity contribution in [2.75, 3.05) is 75.9 Å². The van der Waals surface area contributed by atoms with Gasteiger partial charge in [0, 0.05) is 29.2 Å². The summed E-state index contributed by atoms with van der Waals surface area (Å²) in [7, 11) is 5.38. The lowest BCUT2D eigenvalue weighted by atomic mass is 10.0. The monoisotopic (exact) mass is 1290 g/mol. The lowest BCUT2D eigenvalue weighted by Crippen LogP contribution is -2.44. The van der Waals surface area contributed by atoms with Crippen molar-refractivity contribution in [2.24, 2.45) is 28.7 Å². The predicted octanol–water partition coefficient (Wildman–Crippen LogP) is 4.53. The average molecular weight is 1290 g/mol. The molecule has 5 aromatic carbocycles. The second kappa shape index (κ2) is 38.9. The highest BCUT2D eigenvalue weighted by Crippen LogP contribution is 2.29. The highest BCUT2D eigenvalue weighted by Gasteiger charge is 2.30. The van der Waals surface area contributed by atoms with E-state index < -0.39 is 83.4 Å². The maximum atomic E-state index is 14.3. The molecule has 502 valence electrons. The molecule has 0 unspecified atom stereocenters. The molecule has 0 fully saturated rings. The first-order valence-electron chi connectivity index (χ1n) is 30.8. The van der Waals surface area contributed by atoms with Gasteiger partial charge in [0.25, 0.3) is 23.6 Å². The molecule has 0 heterocycles. The predicted molar refractivity (Wildman–Crippen MR) is 354 cm³/mol. The molecule has 8 amide bonds. The average Bonchev–Trinajstić information content (AvgIpc) is 1.68. The molecule has 5 atom stereocenters. The second-order valence-electron chi connectivity index (χ2n) is 21.8. The number of carbonyl (C=O) groups is 9. The number of anilines is 4. The lowest BCUT2D eigenvalue weighted by Gasteiger charge is -2.22. The molecule has 27 nitrogen and oxygen atoms in total. The zero-order valence-electron chi connectivity index (χ0n) is 53.1. The summed E-state index contributed by atoms with van der Waals surface area (Å²) in [5.74, 6) is -6.24. The third-order valence-electron chi connectivity index (χ3n) is 15.0. The van der Waals surface area contributed by atoms with Crippen LogP contribution in [0.2, 0.25) is 0 Å². The number of nitrogens with one attached hydrogen (secondary N) is 8. The van der Waals surface area contributed by atoms with Gasteiger partial charge in [-0.25, -0.2) is 4.79 Å². The van der Waals surface area contributed by atoms with Gasteiger partial charge in [-0.1, -0.05) is 43.2 Å². The van der Waals surface area contributed by atoms with Crippen LogP contribution in [0.25, 0.3) is 0 Å². The summed E-state index contributed by atoms with van der Waals surface area (Å²) in [5, 5.41) is 31.9. The topological polar surface area (TPSA) is 437 Å². The van der Waals surface area contributed by atoms with E-state index in [4.69, 9.17) is 47.6 Å². The lowest BCUT2D eigenvalue weighted by molar-refractivity contribution is -0.139. The van der Waals surface area contributed by atoms with Crippen LogP contribution in [0.4, 0.5) is 22.7 Å². The highest BCUT2D eigenvalue weighted by atomic mass is 16.5. The second-order valence-corrected chi connectivity index (χ2v) is 21.8. The highest BCUT2D eigenvalue weighted by molar-refractivity contribution is 6.08. The number of carbonyl (C=O) groups excluding carboxylic acids is 8. The normalized spacial score (nSPS) is 12.5. The van der Waals surface area contributed by atoms with Crippen LogP contribution in [0.3, 0.4) is 0 Å². The Bertz CT molecular complexity index is 3340. The van der Waals surface area contributed by atoms with E-state index in [1.807, 2.05) is 0 Å². The first-order valence-corrected chi connectivity index (χ1v) is 30.8. The summed E-state index contributed by atoms with van der Waals surface area (Å²) in [4.78, 5) is 124. The first kappa shape index (κ1) is 74.1. The van der Waals surface area contributed by atoms with E-state index in [0.29, 0.717) is 83.1 Å². The third kappa shape index (κ3) is 23.2. The molecule has 19 N–H and O–H groups in total.